The molecule has 0 spiro atoms. The molecule has 0 aliphatic heterocycles. The van der Waals surface area contributed by atoms with Gasteiger partial charge in [0.05, 0.1) is 13.7 Å². The molecule has 0 unspecified atom stereocenters. The van der Waals surface area contributed by atoms with E-state index in [1.807, 2.05) is 12.1 Å². The van der Waals surface area contributed by atoms with E-state index in [0.29, 0.717) is 12.8 Å². The Kier molecular flexibility index (Phi) is 6.73. The summed E-state index contributed by atoms with van der Waals surface area (Å²) < 4.78 is 4.57. The minimum absolute atomic E-state index is 0.00503. The number of hydrogen-bond donors (Lipinski definition) is 3. The molecule has 1 aromatic rings. The van der Waals surface area contributed by atoms with Crippen molar-refractivity contribution in [1.82, 2.24) is 10.6 Å². The maximum atomic E-state index is 11.4. The van der Waals surface area contributed by atoms with E-state index in [2.05, 4.69) is 20.7 Å². The number of aryl methyl sites for hydroxylation is 1. The van der Waals surface area contributed by atoms with Crippen LogP contribution in [0.5, 0.6) is 0 Å². The van der Waals surface area contributed by atoms with Crippen LogP contribution in [-0.2, 0) is 20.7 Å². The second kappa shape index (κ2) is 8.57. The van der Waals surface area contributed by atoms with Crippen molar-refractivity contribution in [2.24, 2.45) is 0 Å². The van der Waals surface area contributed by atoms with Gasteiger partial charge in [-0.1, -0.05) is 12.1 Å². The standard InChI is InChI=1S/C14H19N3O4/c1-15-14(20)17-12(18)9-16-11-6-3-10(4-7-11)5-8-13(19)21-2/h3-4,6-7,16H,5,8-9H2,1-2H3,(H2,15,17,18,20). The molecule has 0 aromatic heterocycles. The smallest absolute Gasteiger partial charge is 0.321 e. The number of carbonyl (C=O) groups excluding carboxylic acids is 3. The maximum Gasteiger partial charge on any atom is 0.321 e. The van der Waals surface area contributed by atoms with E-state index in [4.69, 9.17) is 0 Å². The highest BCUT2D eigenvalue weighted by Gasteiger charge is 2.05. The summed E-state index contributed by atoms with van der Waals surface area (Å²) in [5.41, 5.74) is 1.75. The minimum Gasteiger partial charge on any atom is -0.469 e. The maximum absolute atomic E-state index is 11.4. The minimum atomic E-state index is -0.542. The number of urea groups is 1. The van der Waals surface area contributed by atoms with E-state index >= 15 is 0 Å². The number of amides is 3. The molecule has 0 saturated carbocycles. The Labute approximate surface area is 123 Å². The topological polar surface area (TPSA) is 96.5 Å². The Morgan fingerprint density at radius 2 is 1.81 bits per heavy atom. The Bertz CT molecular complexity index is 499. The van der Waals surface area contributed by atoms with Crippen molar-refractivity contribution in [3.63, 3.8) is 0 Å². The molecule has 3 amide bonds. The highest BCUT2D eigenvalue weighted by atomic mass is 16.5. The summed E-state index contributed by atoms with van der Waals surface area (Å²) >= 11 is 0. The molecule has 0 radical (unpaired) electrons. The average Bonchev–Trinajstić information content (AvgIpc) is 2.51. The zero-order chi connectivity index (χ0) is 15.7. The molecule has 114 valence electrons. The van der Waals surface area contributed by atoms with Crippen LogP contribution in [0.15, 0.2) is 24.3 Å². The molecular formula is C14H19N3O4. The first-order valence-corrected chi connectivity index (χ1v) is 6.46. The number of carbonyl (C=O) groups is 3. The lowest BCUT2D eigenvalue weighted by Gasteiger charge is -2.07. The second-order valence-corrected chi connectivity index (χ2v) is 4.25. The first kappa shape index (κ1) is 16.5. The van der Waals surface area contributed by atoms with Crippen molar-refractivity contribution < 1.29 is 19.1 Å². The predicted molar refractivity (Wildman–Crippen MR) is 77.9 cm³/mol. The molecule has 0 bridgehead atoms. The van der Waals surface area contributed by atoms with E-state index < -0.39 is 11.9 Å². The van der Waals surface area contributed by atoms with Gasteiger partial charge in [0, 0.05) is 19.2 Å². The lowest BCUT2D eigenvalue weighted by Crippen LogP contribution is -2.40. The molecule has 0 aliphatic rings. The van der Waals surface area contributed by atoms with E-state index in [1.54, 1.807) is 12.1 Å². The molecule has 0 saturated heterocycles. The summed E-state index contributed by atoms with van der Waals surface area (Å²) in [7, 11) is 2.79. The zero-order valence-electron chi connectivity index (χ0n) is 12.1. The van der Waals surface area contributed by atoms with Gasteiger partial charge in [-0.15, -0.1) is 0 Å². The number of esters is 1. The lowest BCUT2D eigenvalue weighted by molar-refractivity contribution is -0.140. The van der Waals surface area contributed by atoms with Gasteiger partial charge in [0.15, 0.2) is 0 Å². The molecular weight excluding hydrogens is 274 g/mol. The SMILES string of the molecule is CNC(=O)NC(=O)CNc1ccc(CCC(=O)OC)cc1. The molecule has 7 nitrogen and oxygen atoms in total. The van der Waals surface area contributed by atoms with E-state index in [0.717, 1.165) is 11.3 Å². The van der Waals surface area contributed by atoms with Crippen LogP contribution < -0.4 is 16.0 Å². The molecule has 21 heavy (non-hydrogen) atoms. The summed E-state index contributed by atoms with van der Waals surface area (Å²) in [4.78, 5) is 33.3. The number of imide groups is 1. The lowest BCUT2D eigenvalue weighted by atomic mass is 10.1. The van der Waals surface area contributed by atoms with Crippen LogP contribution in [0.4, 0.5) is 10.5 Å². The second-order valence-electron chi connectivity index (χ2n) is 4.25. The molecule has 7 heteroatoms. The van der Waals surface area contributed by atoms with Crippen LogP contribution in [0.1, 0.15) is 12.0 Å². The molecule has 1 aromatic carbocycles. The molecule has 0 heterocycles. The van der Waals surface area contributed by atoms with Gasteiger partial charge < -0.3 is 15.4 Å². The zero-order valence-corrected chi connectivity index (χ0v) is 12.1. The van der Waals surface area contributed by atoms with Crippen LogP contribution >= 0.6 is 0 Å². The fourth-order valence-corrected chi connectivity index (χ4v) is 1.55. The van der Waals surface area contributed by atoms with Gasteiger partial charge in [0.25, 0.3) is 0 Å². The molecule has 1 rings (SSSR count). The fourth-order valence-electron chi connectivity index (χ4n) is 1.55. The van der Waals surface area contributed by atoms with Crippen molar-refractivity contribution in [2.75, 3.05) is 26.0 Å². The first-order chi connectivity index (χ1) is 10.0. The Balaban J connectivity index is 2.39. The molecule has 0 atom stereocenters. The third kappa shape index (κ3) is 6.42. The number of hydrogen-bond acceptors (Lipinski definition) is 5. The highest BCUT2D eigenvalue weighted by Crippen LogP contribution is 2.11. The van der Waals surface area contributed by atoms with Crippen molar-refractivity contribution in [3.05, 3.63) is 29.8 Å². The van der Waals surface area contributed by atoms with Gasteiger partial charge in [-0.05, 0) is 24.1 Å². The number of nitrogens with one attached hydrogen (secondary N) is 3. The fraction of sp³-hybridized carbons (Fsp3) is 0.357. The number of benzene rings is 1. The summed E-state index contributed by atoms with van der Waals surface area (Å²) in [6, 6.07) is 6.80. The summed E-state index contributed by atoms with van der Waals surface area (Å²) in [6.07, 6.45) is 0.932. The van der Waals surface area contributed by atoms with E-state index in [9.17, 15) is 14.4 Å². The number of rotatable bonds is 6. The van der Waals surface area contributed by atoms with E-state index in [1.165, 1.54) is 14.2 Å². The van der Waals surface area contributed by atoms with Gasteiger partial charge in [-0.25, -0.2) is 4.79 Å². The quantitative estimate of drug-likeness (QED) is 0.670. The Hall–Kier alpha value is -2.57. The van der Waals surface area contributed by atoms with Crippen LogP contribution in [0.2, 0.25) is 0 Å². The Morgan fingerprint density at radius 1 is 1.14 bits per heavy atom. The van der Waals surface area contributed by atoms with Gasteiger partial charge in [-0.2, -0.15) is 0 Å². The van der Waals surface area contributed by atoms with Crippen LogP contribution in [0.25, 0.3) is 0 Å². The van der Waals surface area contributed by atoms with Gasteiger partial charge in [0.1, 0.15) is 0 Å². The number of ether oxygens (including phenoxy) is 1. The van der Waals surface area contributed by atoms with Crippen molar-refractivity contribution in [2.45, 2.75) is 12.8 Å². The van der Waals surface area contributed by atoms with Crippen molar-refractivity contribution in [1.29, 1.82) is 0 Å². The monoisotopic (exact) mass is 293 g/mol. The van der Waals surface area contributed by atoms with Crippen LogP contribution in [0, 0.1) is 0 Å². The number of anilines is 1. The third-order valence-corrected chi connectivity index (χ3v) is 2.73. The third-order valence-electron chi connectivity index (χ3n) is 2.73. The largest absolute Gasteiger partial charge is 0.469 e. The summed E-state index contributed by atoms with van der Waals surface area (Å²) in [5.74, 6) is -0.674. The number of methoxy groups -OCH3 is 1. The summed E-state index contributed by atoms with van der Waals surface area (Å²) in [5, 5.41) is 7.33. The van der Waals surface area contributed by atoms with Crippen LogP contribution in [-0.4, -0.2) is 38.6 Å². The van der Waals surface area contributed by atoms with Gasteiger partial charge in [-0.3, -0.25) is 14.9 Å². The molecule has 0 aliphatic carbocycles. The average molecular weight is 293 g/mol. The van der Waals surface area contributed by atoms with Crippen molar-refractivity contribution in [3.8, 4) is 0 Å². The van der Waals surface area contributed by atoms with Gasteiger partial charge >= 0.3 is 12.0 Å². The van der Waals surface area contributed by atoms with Gasteiger partial charge in [0.2, 0.25) is 5.91 Å². The normalized spacial score (nSPS) is 9.62. The summed E-state index contributed by atoms with van der Waals surface area (Å²) in [6.45, 7) is -0.00503. The van der Waals surface area contributed by atoms with Crippen LogP contribution in [0.3, 0.4) is 0 Å². The first-order valence-electron chi connectivity index (χ1n) is 6.46. The molecule has 0 fully saturated rings. The van der Waals surface area contributed by atoms with E-state index in [-0.39, 0.29) is 12.5 Å². The predicted octanol–water partition coefficient (Wildman–Crippen LogP) is 0.660. The van der Waals surface area contributed by atoms with Crippen molar-refractivity contribution >= 4 is 23.6 Å². The molecule has 3 N–H and O–H groups in total. The highest BCUT2D eigenvalue weighted by molar-refractivity contribution is 5.96. The Morgan fingerprint density at radius 3 is 2.38 bits per heavy atom.